The van der Waals surface area contributed by atoms with Crippen molar-refractivity contribution < 1.29 is 13.2 Å². The van der Waals surface area contributed by atoms with Crippen LogP contribution in [0.5, 0.6) is 0 Å². The maximum atomic E-state index is 12.8. The Labute approximate surface area is 155 Å². The standard InChI is InChI=1S/C20H24N2O3S/c1-16-9-11-17(12-10-16)14-21-20(23)18-6-5-13-22(15-18)26(24,25)19-7-3-2-4-8-19/h2-4,7-12,18H,5-6,13-15H2,1H3,(H,21,23). The van der Waals surface area contributed by atoms with E-state index in [2.05, 4.69) is 5.32 Å². The molecular formula is C20H24N2O3S. The van der Waals surface area contributed by atoms with Gasteiger partial charge in [-0.2, -0.15) is 4.31 Å². The van der Waals surface area contributed by atoms with Gasteiger partial charge < -0.3 is 5.32 Å². The zero-order chi connectivity index (χ0) is 18.6. The average Bonchev–Trinajstić information content (AvgIpc) is 2.68. The number of benzene rings is 2. The molecule has 6 heteroatoms. The van der Waals surface area contributed by atoms with Crippen molar-refractivity contribution in [1.82, 2.24) is 9.62 Å². The van der Waals surface area contributed by atoms with E-state index in [0.29, 0.717) is 25.9 Å². The van der Waals surface area contributed by atoms with Crippen LogP contribution in [0.2, 0.25) is 0 Å². The SMILES string of the molecule is Cc1ccc(CNC(=O)C2CCCN(S(=O)(=O)c3ccccc3)C2)cc1. The molecule has 26 heavy (non-hydrogen) atoms. The quantitative estimate of drug-likeness (QED) is 0.878. The lowest BCUT2D eigenvalue weighted by Crippen LogP contribution is -2.45. The van der Waals surface area contributed by atoms with Crippen molar-refractivity contribution in [2.24, 2.45) is 5.92 Å². The highest BCUT2D eigenvalue weighted by Gasteiger charge is 2.33. The van der Waals surface area contributed by atoms with E-state index in [9.17, 15) is 13.2 Å². The van der Waals surface area contributed by atoms with Gasteiger partial charge in [0, 0.05) is 19.6 Å². The molecule has 1 atom stereocenters. The normalized spacial score (nSPS) is 18.4. The smallest absolute Gasteiger partial charge is 0.243 e. The Bertz CT molecular complexity index is 848. The summed E-state index contributed by atoms with van der Waals surface area (Å²) in [6.07, 6.45) is 1.40. The highest BCUT2D eigenvalue weighted by atomic mass is 32.2. The number of nitrogens with zero attached hydrogens (tertiary/aromatic N) is 1. The summed E-state index contributed by atoms with van der Waals surface area (Å²) in [5, 5.41) is 2.94. The first-order valence-electron chi connectivity index (χ1n) is 8.85. The van der Waals surface area contributed by atoms with Crippen LogP contribution < -0.4 is 5.32 Å². The number of nitrogens with one attached hydrogen (secondary N) is 1. The topological polar surface area (TPSA) is 66.5 Å². The molecule has 138 valence electrons. The van der Waals surface area contributed by atoms with Crippen molar-refractivity contribution in [1.29, 1.82) is 0 Å². The first-order valence-corrected chi connectivity index (χ1v) is 10.3. The summed E-state index contributed by atoms with van der Waals surface area (Å²) in [5.41, 5.74) is 2.21. The van der Waals surface area contributed by atoms with Crippen LogP contribution in [0.3, 0.4) is 0 Å². The van der Waals surface area contributed by atoms with Crippen LogP contribution in [-0.2, 0) is 21.4 Å². The minimum atomic E-state index is -3.55. The van der Waals surface area contributed by atoms with Crippen molar-refractivity contribution in [2.45, 2.75) is 31.2 Å². The molecular weight excluding hydrogens is 348 g/mol. The Morgan fingerprint density at radius 2 is 1.81 bits per heavy atom. The summed E-state index contributed by atoms with van der Waals surface area (Å²) in [4.78, 5) is 12.8. The maximum Gasteiger partial charge on any atom is 0.243 e. The third kappa shape index (κ3) is 4.31. The molecule has 0 radical (unpaired) electrons. The summed E-state index contributed by atoms with van der Waals surface area (Å²) < 4.78 is 27.0. The van der Waals surface area contributed by atoms with Gasteiger partial charge in [0.05, 0.1) is 10.8 Å². The molecule has 1 aliphatic heterocycles. The summed E-state index contributed by atoms with van der Waals surface area (Å²) >= 11 is 0. The molecule has 1 aliphatic rings. The van der Waals surface area contributed by atoms with Gasteiger partial charge in [-0.1, -0.05) is 48.0 Å². The Morgan fingerprint density at radius 3 is 2.50 bits per heavy atom. The monoisotopic (exact) mass is 372 g/mol. The molecule has 0 aromatic heterocycles. The summed E-state index contributed by atoms with van der Waals surface area (Å²) in [6, 6.07) is 16.4. The minimum absolute atomic E-state index is 0.0847. The lowest BCUT2D eigenvalue weighted by atomic mass is 9.98. The van der Waals surface area contributed by atoms with Crippen molar-refractivity contribution in [3.8, 4) is 0 Å². The Hall–Kier alpha value is -2.18. The fraction of sp³-hybridized carbons (Fsp3) is 0.350. The number of carbonyl (C=O) groups excluding carboxylic acids is 1. The van der Waals surface area contributed by atoms with E-state index in [-0.39, 0.29) is 23.3 Å². The van der Waals surface area contributed by atoms with Crippen LogP contribution in [-0.4, -0.2) is 31.7 Å². The average molecular weight is 372 g/mol. The van der Waals surface area contributed by atoms with E-state index in [4.69, 9.17) is 0 Å². The first kappa shape index (κ1) is 18.6. The van der Waals surface area contributed by atoms with E-state index in [1.807, 2.05) is 31.2 Å². The Kier molecular flexibility index (Phi) is 5.74. The van der Waals surface area contributed by atoms with Crippen LogP contribution in [0.4, 0.5) is 0 Å². The third-order valence-electron chi connectivity index (χ3n) is 4.72. The second kappa shape index (κ2) is 8.01. The lowest BCUT2D eigenvalue weighted by Gasteiger charge is -2.31. The summed E-state index contributed by atoms with van der Waals surface area (Å²) in [5.74, 6) is -0.397. The molecule has 1 saturated heterocycles. The zero-order valence-electron chi connectivity index (χ0n) is 14.9. The lowest BCUT2D eigenvalue weighted by molar-refractivity contribution is -0.126. The van der Waals surface area contributed by atoms with E-state index in [0.717, 1.165) is 5.56 Å². The fourth-order valence-corrected chi connectivity index (χ4v) is 4.70. The van der Waals surface area contributed by atoms with Gasteiger partial charge in [-0.15, -0.1) is 0 Å². The number of hydrogen-bond acceptors (Lipinski definition) is 3. The number of sulfonamides is 1. The van der Waals surface area contributed by atoms with Gasteiger partial charge in [0.2, 0.25) is 15.9 Å². The second-order valence-corrected chi connectivity index (χ2v) is 8.66. The Morgan fingerprint density at radius 1 is 1.12 bits per heavy atom. The van der Waals surface area contributed by atoms with Gasteiger partial charge in [-0.3, -0.25) is 4.79 Å². The third-order valence-corrected chi connectivity index (χ3v) is 6.60. The molecule has 1 heterocycles. The number of aryl methyl sites for hydroxylation is 1. The van der Waals surface area contributed by atoms with Gasteiger partial charge >= 0.3 is 0 Å². The van der Waals surface area contributed by atoms with Gasteiger partial charge in [-0.25, -0.2) is 8.42 Å². The number of amides is 1. The highest BCUT2D eigenvalue weighted by Crippen LogP contribution is 2.23. The van der Waals surface area contributed by atoms with E-state index in [1.165, 1.54) is 9.87 Å². The maximum absolute atomic E-state index is 12.8. The molecule has 0 spiro atoms. The highest BCUT2D eigenvalue weighted by molar-refractivity contribution is 7.89. The molecule has 1 fully saturated rings. The molecule has 3 rings (SSSR count). The predicted octanol–water partition coefficient (Wildman–Crippen LogP) is 2.71. The number of carbonyl (C=O) groups is 1. The number of piperidine rings is 1. The van der Waals surface area contributed by atoms with Crippen LogP contribution in [0.25, 0.3) is 0 Å². The van der Waals surface area contributed by atoms with E-state index < -0.39 is 10.0 Å². The first-order chi connectivity index (χ1) is 12.5. The molecule has 5 nitrogen and oxygen atoms in total. The molecule has 2 aromatic carbocycles. The summed E-state index contributed by atoms with van der Waals surface area (Å²) in [7, 11) is -3.55. The number of hydrogen-bond donors (Lipinski definition) is 1. The van der Waals surface area contributed by atoms with E-state index in [1.54, 1.807) is 30.3 Å². The van der Waals surface area contributed by atoms with Crippen LogP contribution >= 0.6 is 0 Å². The van der Waals surface area contributed by atoms with Gasteiger partial charge in [0.1, 0.15) is 0 Å². The van der Waals surface area contributed by atoms with Crippen LogP contribution in [0, 0.1) is 12.8 Å². The van der Waals surface area contributed by atoms with Crippen molar-refractivity contribution in [3.05, 3.63) is 65.7 Å². The van der Waals surface area contributed by atoms with Crippen LogP contribution in [0.1, 0.15) is 24.0 Å². The fourth-order valence-electron chi connectivity index (χ4n) is 3.16. The minimum Gasteiger partial charge on any atom is -0.352 e. The molecule has 1 N–H and O–H groups in total. The van der Waals surface area contributed by atoms with Gasteiger partial charge in [0.25, 0.3) is 0 Å². The number of rotatable bonds is 5. The molecule has 2 aromatic rings. The largest absolute Gasteiger partial charge is 0.352 e. The zero-order valence-corrected chi connectivity index (χ0v) is 15.7. The van der Waals surface area contributed by atoms with Crippen molar-refractivity contribution in [3.63, 3.8) is 0 Å². The molecule has 0 bridgehead atoms. The van der Waals surface area contributed by atoms with E-state index >= 15 is 0 Å². The molecule has 0 saturated carbocycles. The molecule has 0 aliphatic carbocycles. The van der Waals surface area contributed by atoms with Gasteiger partial charge in [-0.05, 0) is 37.5 Å². The van der Waals surface area contributed by atoms with Crippen molar-refractivity contribution in [2.75, 3.05) is 13.1 Å². The van der Waals surface area contributed by atoms with Gasteiger partial charge in [0.15, 0.2) is 0 Å². The summed E-state index contributed by atoms with van der Waals surface area (Å²) in [6.45, 7) is 3.17. The molecule has 1 amide bonds. The Balaban J connectivity index is 1.62. The molecule has 1 unspecified atom stereocenters. The van der Waals surface area contributed by atoms with Crippen LogP contribution in [0.15, 0.2) is 59.5 Å². The van der Waals surface area contributed by atoms with Crippen molar-refractivity contribution >= 4 is 15.9 Å². The predicted molar refractivity (Wildman–Crippen MR) is 101 cm³/mol. The second-order valence-electron chi connectivity index (χ2n) is 6.72.